The first kappa shape index (κ1) is 20.0. The number of guanidine groups is 2. The number of carbonyl (C=O) groups excluding carboxylic acids is 1. The van der Waals surface area contributed by atoms with Crippen molar-refractivity contribution < 1.29 is 24.9 Å². The molecule has 1 aromatic carbocycles. The lowest BCUT2D eigenvalue weighted by molar-refractivity contribution is -0.257. The second-order valence-corrected chi connectivity index (χ2v) is 7.85. The molecule has 1 fully saturated rings. The van der Waals surface area contributed by atoms with E-state index in [1.807, 2.05) is 0 Å². The number of nitrogens with one attached hydrogen (secondary N) is 1. The van der Waals surface area contributed by atoms with Crippen LogP contribution in [0.25, 0.3) is 0 Å². The third-order valence-electron chi connectivity index (χ3n) is 5.28. The Labute approximate surface area is 174 Å². The number of aliphatic imine (C=N–C) groups is 2. The summed E-state index contributed by atoms with van der Waals surface area (Å²) in [6, 6.07) is 2.25. The van der Waals surface area contributed by atoms with Gasteiger partial charge in [0.05, 0.1) is 18.7 Å². The van der Waals surface area contributed by atoms with Crippen LogP contribution in [0.15, 0.2) is 28.2 Å². The van der Waals surface area contributed by atoms with Crippen LogP contribution in [-0.4, -0.2) is 80.9 Å². The minimum atomic E-state index is -2.69. The van der Waals surface area contributed by atoms with Crippen molar-refractivity contribution in [2.75, 3.05) is 13.2 Å². The Morgan fingerprint density at radius 2 is 1.93 bits per heavy atom. The summed E-state index contributed by atoms with van der Waals surface area (Å²) < 4.78 is 5.37. The largest absolute Gasteiger partial charge is 0.451 e. The van der Waals surface area contributed by atoms with Crippen molar-refractivity contribution in [1.82, 2.24) is 10.2 Å². The van der Waals surface area contributed by atoms with Crippen molar-refractivity contribution in [2.45, 2.75) is 29.6 Å². The number of nitrogens with zero attached hydrogens (tertiary/aromatic N) is 3. The number of rotatable bonds is 3. The molecule has 3 aliphatic rings. The van der Waals surface area contributed by atoms with Crippen LogP contribution < -0.4 is 16.8 Å². The lowest BCUT2D eigenvalue weighted by Gasteiger charge is -2.48. The number of carbonyl (C=O) groups is 1. The van der Waals surface area contributed by atoms with E-state index in [1.54, 1.807) is 0 Å². The molecule has 0 radical (unpaired) electrons. The van der Waals surface area contributed by atoms with E-state index in [2.05, 4.69) is 15.3 Å². The molecule has 3 aliphatic heterocycles. The van der Waals surface area contributed by atoms with Crippen LogP contribution in [0.3, 0.4) is 0 Å². The molecule has 4 rings (SSSR count). The highest BCUT2D eigenvalue weighted by atomic mass is 35.5. The summed E-state index contributed by atoms with van der Waals surface area (Å²) in [5, 5.41) is 34.9. The molecule has 0 aromatic heterocycles. The number of ether oxygens (including phenoxy) is 1. The maximum absolute atomic E-state index is 12.6. The zero-order valence-corrected chi connectivity index (χ0v) is 16.3. The number of hydrogen-bond acceptors (Lipinski definition) is 11. The summed E-state index contributed by atoms with van der Waals surface area (Å²) in [6.45, 7) is -0.673. The quantitative estimate of drug-likeness (QED) is 0.231. The Morgan fingerprint density at radius 1 is 1.28 bits per heavy atom. The van der Waals surface area contributed by atoms with Crippen molar-refractivity contribution in [3.8, 4) is 0 Å². The monoisotopic (exact) mass is 444 g/mol. The third kappa shape index (κ3) is 2.81. The molecule has 0 aliphatic carbocycles. The molecule has 156 valence electrons. The first-order valence-electron chi connectivity index (χ1n) is 8.55. The second kappa shape index (κ2) is 6.61. The average molecular weight is 445 g/mol. The Balaban J connectivity index is 1.69. The molecule has 8 N–H and O–H groups in total. The van der Waals surface area contributed by atoms with E-state index in [-0.39, 0.29) is 34.1 Å². The van der Waals surface area contributed by atoms with Crippen molar-refractivity contribution in [1.29, 1.82) is 0 Å². The highest BCUT2D eigenvalue weighted by Crippen LogP contribution is 2.45. The summed E-state index contributed by atoms with van der Waals surface area (Å²) in [6.07, 6.45) is -1.46. The fourth-order valence-corrected chi connectivity index (χ4v) is 4.57. The highest BCUT2D eigenvalue weighted by molar-refractivity contribution is 6.35. The fraction of sp³-hybridized carbons (Fsp3) is 0.438. The van der Waals surface area contributed by atoms with Crippen LogP contribution in [0.1, 0.15) is 10.4 Å². The number of halogens is 2. The van der Waals surface area contributed by atoms with Gasteiger partial charge < -0.3 is 41.7 Å². The van der Waals surface area contributed by atoms with E-state index in [1.165, 1.54) is 23.1 Å². The molecule has 0 unspecified atom stereocenters. The van der Waals surface area contributed by atoms with Crippen LogP contribution in [-0.2, 0) is 4.74 Å². The molecular formula is C16H18Cl2N6O5. The van der Waals surface area contributed by atoms with Gasteiger partial charge in [-0.1, -0.05) is 23.2 Å². The number of esters is 1. The minimum Gasteiger partial charge on any atom is -0.451 e. The number of aliphatic hydroxyl groups excluding tert-OH is 1. The first-order valence-corrected chi connectivity index (χ1v) is 9.30. The fourth-order valence-electron chi connectivity index (χ4n) is 4.04. The third-order valence-corrected chi connectivity index (χ3v) is 5.72. The van der Waals surface area contributed by atoms with Crippen LogP contribution in [0, 0.1) is 0 Å². The van der Waals surface area contributed by atoms with Gasteiger partial charge in [0, 0.05) is 10.0 Å². The number of hydrogen-bond donors (Lipinski definition) is 6. The van der Waals surface area contributed by atoms with Crippen LogP contribution >= 0.6 is 23.2 Å². The summed E-state index contributed by atoms with van der Waals surface area (Å²) in [4.78, 5) is 22.2. The molecular weight excluding hydrogens is 427 g/mol. The summed E-state index contributed by atoms with van der Waals surface area (Å²) in [5.41, 5.74) is 10.0. The van der Waals surface area contributed by atoms with E-state index in [0.717, 1.165) is 0 Å². The number of nitrogens with two attached hydrogens (primary N) is 2. The average Bonchev–Trinajstić information content (AvgIpc) is 3.09. The van der Waals surface area contributed by atoms with Gasteiger partial charge in [-0.15, -0.1) is 0 Å². The van der Waals surface area contributed by atoms with E-state index in [9.17, 15) is 20.1 Å². The van der Waals surface area contributed by atoms with E-state index in [4.69, 9.17) is 39.4 Å². The highest BCUT2D eigenvalue weighted by Gasteiger charge is 2.74. The molecule has 0 bridgehead atoms. The molecule has 3 heterocycles. The van der Waals surface area contributed by atoms with Crippen molar-refractivity contribution in [2.24, 2.45) is 21.5 Å². The van der Waals surface area contributed by atoms with Crippen molar-refractivity contribution >= 4 is 41.1 Å². The first-order chi connectivity index (χ1) is 13.6. The Kier molecular flexibility index (Phi) is 4.55. The molecule has 13 heteroatoms. The summed E-state index contributed by atoms with van der Waals surface area (Å²) in [5.74, 6) is -3.74. The van der Waals surface area contributed by atoms with Crippen LogP contribution in [0.4, 0.5) is 0 Å². The van der Waals surface area contributed by atoms with Crippen LogP contribution in [0.2, 0.25) is 10.0 Å². The molecule has 1 saturated heterocycles. The molecule has 0 amide bonds. The Bertz CT molecular complexity index is 920. The lowest BCUT2D eigenvalue weighted by atomic mass is 9.86. The zero-order valence-electron chi connectivity index (χ0n) is 14.8. The number of aliphatic hydroxyl groups is 3. The maximum Gasteiger partial charge on any atom is 0.338 e. The number of benzene rings is 1. The Hall–Kier alpha value is -2.31. The van der Waals surface area contributed by atoms with Crippen molar-refractivity contribution in [3.05, 3.63) is 33.8 Å². The molecule has 0 saturated carbocycles. The van der Waals surface area contributed by atoms with Crippen LogP contribution in [0.5, 0.6) is 0 Å². The zero-order chi connectivity index (χ0) is 21.1. The SMILES string of the molecule is NC1=N[C@H]2[C@H](CO)N=C(N)N3C[C@H](OC(=O)c4cc(Cl)cc(Cl)c4)C(O)(O)[C@]23N1. The lowest BCUT2D eigenvalue weighted by Crippen LogP contribution is -2.77. The van der Waals surface area contributed by atoms with Gasteiger partial charge in [0.25, 0.3) is 0 Å². The van der Waals surface area contributed by atoms with Gasteiger partial charge in [-0.2, -0.15) is 0 Å². The van der Waals surface area contributed by atoms with Gasteiger partial charge in [0.2, 0.25) is 5.79 Å². The molecule has 4 atom stereocenters. The van der Waals surface area contributed by atoms with Crippen molar-refractivity contribution in [3.63, 3.8) is 0 Å². The molecule has 11 nitrogen and oxygen atoms in total. The van der Waals surface area contributed by atoms with Gasteiger partial charge >= 0.3 is 5.97 Å². The molecule has 1 aromatic rings. The summed E-state index contributed by atoms with van der Waals surface area (Å²) in [7, 11) is 0. The standard InChI is InChI=1S/C16H18Cl2N6O5/c17-7-1-6(2-8(18)3-7)12(26)29-10-4-24-14(20)21-9(5-25)11-15(24,16(10,27)28)23-13(19)22-11/h1-3,9-11,25,27-28H,4-5H2,(H2,20,21)(H3,19,22,23)/t9-,10-,11-,15-/m0/s1. The van der Waals surface area contributed by atoms with Gasteiger partial charge in [-0.05, 0) is 18.2 Å². The second-order valence-electron chi connectivity index (χ2n) is 6.98. The van der Waals surface area contributed by atoms with E-state index < -0.39 is 42.2 Å². The maximum atomic E-state index is 12.6. The molecule has 29 heavy (non-hydrogen) atoms. The van der Waals surface area contributed by atoms with E-state index >= 15 is 0 Å². The normalized spacial score (nSPS) is 32.0. The van der Waals surface area contributed by atoms with Gasteiger partial charge in [-0.3, -0.25) is 0 Å². The summed E-state index contributed by atoms with van der Waals surface area (Å²) >= 11 is 11.8. The predicted molar refractivity (Wildman–Crippen MR) is 103 cm³/mol. The molecule has 1 spiro atoms. The minimum absolute atomic E-state index is 0.0299. The Morgan fingerprint density at radius 3 is 2.55 bits per heavy atom. The van der Waals surface area contributed by atoms with Gasteiger partial charge in [0.1, 0.15) is 12.1 Å². The van der Waals surface area contributed by atoms with Gasteiger partial charge in [0.15, 0.2) is 23.7 Å². The van der Waals surface area contributed by atoms with Gasteiger partial charge in [-0.25, -0.2) is 14.8 Å². The van der Waals surface area contributed by atoms with E-state index in [0.29, 0.717) is 0 Å². The predicted octanol–water partition coefficient (Wildman–Crippen LogP) is -1.81. The smallest absolute Gasteiger partial charge is 0.338 e. The topological polar surface area (TPSA) is 179 Å².